The van der Waals surface area contributed by atoms with Gasteiger partial charge in [0.1, 0.15) is 0 Å². The van der Waals surface area contributed by atoms with Crippen molar-refractivity contribution >= 4 is 16.5 Å². The van der Waals surface area contributed by atoms with E-state index in [-0.39, 0.29) is 6.10 Å². The fraction of sp³-hybridized carbons (Fsp3) is 0.667. The predicted molar refractivity (Wildman–Crippen MR) is 53.4 cm³/mol. The van der Waals surface area contributed by atoms with Gasteiger partial charge in [0.2, 0.25) is 0 Å². The second kappa shape index (κ2) is 3.64. The number of rotatable bonds is 2. The van der Waals surface area contributed by atoms with E-state index in [1.165, 1.54) is 24.2 Å². The molecule has 1 aromatic heterocycles. The molecule has 1 saturated carbocycles. The van der Waals surface area contributed by atoms with E-state index in [4.69, 9.17) is 5.73 Å². The smallest absolute Gasteiger partial charge is 0.180 e. The Bertz CT molecular complexity index is 281. The number of thiazole rings is 1. The van der Waals surface area contributed by atoms with Gasteiger partial charge >= 0.3 is 0 Å². The molecule has 1 aromatic rings. The van der Waals surface area contributed by atoms with Crippen LogP contribution in [0.15, 0.2) is 6.20 Å². The van der Waals surface area contributed by atoms with E-state index in [0.29, 0.717) is 11.0 Å². The summed E-state index contributed by atoms with van der Waals surface area (Å²) in [7, 11) is 0. The lowest BCUT2D eigenvalue weighted by Crippen LogP contribution is -2.06. The standard InChI is InChI=1S/C9H14N2OS/c10-9-11-5-7(13-9)8(12)6-3-1-2-4-6/h5-6,8,12H,1-4H2,(H2,10,11). The fourth-order valence-electron chi connectivity index (χ4n) is 1.94. The second-order valence-electron chi connectivity index (χ2n) is 3.59. The highest BCUT2D eigenvalue weighted by Crippen LogP contribution is 2.37. The molecule has 2 rings (SSSR count). The molecule has 72 valence electrons. The molecule has 3 N–H and O–H groups in total. The van der Waals surface area contributed by atoms with Gasteiger partial charge in [-0.1, -0.05) is 24.2 Å². The molecular formula is C9H14N2OS. The minimum absolute atomic E-state index is 0.336. The molecule has 1 atom stereocenters. The van der Waals surface area contributed by atoms with Gasteiger partial charge in [-0.3, -0.25) is 0 Å². The molecule has 0 saturated heterocycles. The van der Waals surface area contributed by atoms with Crippen molar-refractivity contribution in [3.05, 3.63) is 11.1 Å². The second-order valence-corrected chi connectivity index (χ2v) is 4.68. The molecule has 0 radical (unpaired) electrons. The summed E-state index contributed by atoms with van der Waals surface area (Å²) in [5.41, 5.74) is 5.51. The highest BCUT2D eigenvalue weighted by Gasteiger charge is 2.25. The van der Waals surface area contributed by atoms with Crippen LogP contribution in [0.1, 0.15) is 36.7 Å². The summed E-state index contributed by atoms with van der Waals surface area (Å²) in [6.07, 6.45) is 6.13. The van der Waals surface area contributed by atoms with E-state index in [0.717, 1.165) is 17.7 Å². The van der Waals surface area contributed by atoms with Gasteiger partial charge in [0.05, 0.1) is 11.0 Å². The highest BCUT2D eigenvalue weighted by molar-refractivity contribution is 7.15. The van der Waals surface area contributed by atoms with Crippen molar-refractivity contribution in [3.8, 4) is 0 Å². The monoisotopic (exact) mass is 198 g/mol. The molecule has 13 heavy (non-hydrogen) atoms. The van der Waals surface area contributed by atoms with Gasteiger partial charge in [-0.05, 0) is 18.8 Å². The number of aromatic nitrogens is 1. The van der Waals surface area contributed by atoms with Crippen molar-refractivity contribution in [2.45, 2.75) is 31.8 Å². The first-order chi connectivity index (χ1) is 6.27. The lowest BCUT2D eigenvalue weighted by Gasteiger charge is -2.14. The third kappa shape index (κ3) is 1.84. The van der Waals surface area contributed by atoms with E-state index in [2.05, 4.69) is 4.98 Å². The van der Waals surface area contributed by atoms with Crippen LogP contribution in [-0.2, 0) is 0 Å². The molecule has 1 heterocycles. The Morgan fingerprint density at radius 1 is 1.54 bits per heavy atom. The molecule has 0 bridgehead atoms. The quantitative estimate of drug-likeness (QED) is 0.763. The maximum Gasteiger partial charge on any atom is 0.180 e. The normalized spacial score (nSPS) is 20.7. The average Bonchev–Trinajstić information content (AvgIpc) is 2.72. The third-order valence-electron chi connectivity index (χ3n) is 2.68. The van der Waals surface area contributed by atoms with Gasteiger partial charge in [0.25, 0.3) is 0 Å². The molecule has 4 heteroatoms. The SMILES string of the molecule is Nc1ncc(C(O)C2CCCC2)s1. The van der Waals surface area contributed by atoms with E-state index >= 15 is 0 Å². The Morgan fingerprint density at radius 3 is 2.77 bits per heavy atom. The minimum Gasteiger partial charge on any atom is -0.387 e. The number of nitrogen functional groups attached to an aromatic ring is 1. The van der Waals surface area contributed by atoms with Crippen molar-refractivity contribution in [2.24, 2.45) is 5.92 Å². The predicted octanol–water partition coefficient (Wildman–Crippen LogP) is 1.95. The zero-order chi connectivity index (χ0) is 9.26. The van der Waals surface area contributed by atoms with Crippen molar-refractivity contribution in [2.75, 3.05) is 5.73 Å². The minimum atomic E-state index is -0.336. The van der Waals surface area contributed by atoms with Crippen LogP contribution < -0.4 is 5.73 Å². The topological polar surface area (TPSA) is 59.1 Å². The zero-order valence-corrected chi connectivity index (χ0v) is 8.26. The maximum atomic E-state index is 9.95. The van der Waals surface area contributed by atoms with Crippen LogP contribution >= 0.6 is 11.3 Å². The van der Waals surface area contributed by atoms with Crippen LogP contribution in [0.5, 0.6) is 0 Å². The molecular weight excluding hydrogens is 184 g/mol. The van der Waals surface area contributed by atoms with Crippen LogP contribution in [0.2, 0.25) is 0 Å². The van der Waals surface area contributed by atoms with E-state index in [1.54, 1.807) is 6.20 Å². The van der Waals surface area contributed by atoms with Gasteiger partial charge in [-0.15, -0.1) is 0 Å². The molecule has 1 fully saturated rings. The number of anilines is 1. The maximum absolute atomic E-state index is 9.95. The number of nitrogens with two attached hydrogens (primary N) is 1. The average molecular weight is 198 g/mol. The Labute approximate surface area is 81.6 Å². The lowest BCUT2D eigenvalue weighted by molar-refractivity contribution is 0.115. The zero-order valence-electron chi connectivity index (χ0n) is 7.44. The number of nitrogens with zero attached hydrogens (tertiary/aromatic N) is 1. The van der Waals surface area contributed by atoms with Gasteiger partial charge < -0.3 is 10.8 Å². The Morgan fingerprint density at radius 2 is 2.23 bits per heavy atom. The van der Waals surface area contributed by atoms with Gasteiger partial charge in [-0.2, -0.15) is 0 Å². The fourth-order valence-corrected chi connectivity index (χ4v) is 2.71. The summed E-state index contributed by atoms with van der Waals surface area (Å²) < 4.78 is 0. The molecule has 0 aliphatic heterocycles. The van der Waals surface area contributed by atoms with E-state index in [1.807, 2.05) is 0 Å². The first-order valence-electron chi connectivity index (χ1n) is 4.66. The van der Waals surface area contributed by atoms with Crippen LogP contribution in [-0.4, -0.2) is 10.1 Å². The third-order valence-corrected chi connectivity index (χ3v) is 3.58. The van der Waals surface area contributed by atoms with Crippen molar-refractivity contribution in [1.82, 2.24) is 4.98 Å². The summed E-state index contributed by atoms with van der Waals surface area (Å²) >= 11 is 1.40. The summed E-state index contributed by atoms with van der Waals surface area (Å²) in [6, 6.07) is 0. The molecule has 1 unspecified atom stereocenters. The van der Waals surface area contributed by atoms with Crippen molar-refractivity contribution < 1.29 is 5.11 Å². The Kier molecular flexibility index (Phi) is 2.51. The molecule has 1 aliphatic carbocycles. The lowest BCUT2D eigenvalue weighted by atomic mass is 10.0. The number of aliphatic hydroxyl groups is 1. The first kappa shape index (κ1) is 8.97. The van der Waals surface area contributed by atoms with Crippen LogP contribution in [0.25, 0.3) is 0 Å². The van der Waals surface area contributed by atoms with Gasteiger partial charge in [0.15, 0.2) is 5.13 Å². The van der Waals surface area contributed by atoms with Crippen LogP contribution in [0.3, 0.4) is 0 Å². The number of aliphatic hydroxyl groups excluding tert-OH is 1. The molecule has 0 spiro atoms. The highest BCUT2D eigenvalue weighted by atomic mass is 32.1. The number of hydrogen-bond acceptors (Lipinski definition) is 4. The van der Waals surface area contributed by atoms with Crippen molar-refractivity contribution in [3.63, 3.8) is 0 Å². The van der Waals surface area contributed by atoms with Gasteiger partial charge in [0, 0.05) is 6.20 Å². The van der Waals surface area contributed by atoms with E-state index in [9.17, 15) is 5.11 Å². The number of hydrogen-bond donors (Lipinski definition) is 2. The summed E-state index contributed by atoms with van der Waals surface area (Å²) in [6.45, 7) is 0. The summed E-state index contributed by atoms with van der Waals surface area (Å²) in [5.74, 6) is 0.430. The Hall–Kier alpha value is -0.610. The Balaban J connectivity index is 2.07. The molecule has 0 amide bonds. The van der Waals surface area contributed by atoms with Gasteiger partial charge in [-0.25, -0.2) is 4.98 Å². The first-order valence-corrected chi connectivity index (χ1v) is 5.48. The van der Waals surface area contributed by atoms with E-state index < -0.39 is 0 Å². The summed E-state index contributed by atoms with van der Waals surface area (Å²) in [5, 5.41) is 10.5. The largest absolute Gasteiger partial charge is 0.387 e. The molecule has 1 aliphatic rings. The molecule has 0 aromatic carbocycles. The van der Waals surface area contributed by atoms with Crippen LogP contribution in [0, 0.1) is 5.92 Å². The molecule has 3 nitrogen and oxygen atoms in total. The van der Waals surface area contributed by atoms with Crippen LogP contribution in [0.4, 0.5) is 5.13 Å². The summed E-state index contributed by atoms with van der Waals surface area (Å²) in [4.78, 5) is 4.87. The van der Waals surface area contributed by atoms with Crippen molar-refractivity contribution in [1.29, 1.82) is 0 Å².